The van der Waals surface area contributed by atoms with Crippen LogP contribution in [0.3, 0.4) is 0 Å². The van der Waals surface area contributed by atoms with Crippen LogP contribution in [-0.2, 0) is 6.54 Å². The Morgan fingerprint density at radius 1 is 1.39 bits per heavy atom. The van der Waals surface area contributed by atoms with Crippen molar-refractivity contribution in [2.75, 3.05) is 14.2 Å². The summed E-state index contributed by atoms with van der Waals surface area (Å²) in [7, 11) is 3.37. The van der Waals surface area contributed by atoms with Gasteiger partial charge in [-0.3, -0.25) is 0 Å². The van der Waals surface area contributed by atoms with E-state index in [-0.39, 0.29) is 12.1 Å². The van der Waals surface area contributed by atoms with E-state index in [0.29, 0.717) is 6.54 Å². The summed E-state index contributed by atoms with van der Waals surface area (Å²) in [6.45, 7) is 4.27. The molecule has 6 heteroatoms. The molecule has 0 saturated carbocycles. The smallest absolute Gasteiger partial charge is 0.317 e. The summed E-state index contributed by atoms with van der Waals surface area (Å²) >= 11 is 0. The maximum Gasteiger partial charge on any atom is 0.317 e. The zero-order valence-electron chi connectivity index (χ0n) is 14.0. The van der Waals surface area contributed by atoms with Crippen molar-refractivity contribution < 1.29 is 14.1 Å². The van der Waals surface area contributed by atoms with Crippen molar-refractivity contribution in [2.45, 2.75) is 32.9 Å². The van der Waals surface area contributed by atoms with E-state index < -0.39 is 0 Å². The molecule has 2 amide bonds. The van der Waals surface area contributed by atoms with E-state index >= 15 is 0 Å². The van der Waals surface area contributed by atoms with Crippen LogP contribution in [0.1, 0.15) is 36.4 Å². The summed E-state index contributed by atoms with van der Waals surface area (Å²) in [6, 6.07) is 9.36. The normalized spacial score (nSPS) is 11.8. The van der Waals surface area contributed by atoms with Crippen molar-refractivity contribution in [2.24, 2.45) is 0 Å². The van der Waals surface area contributed by atoms with Gasteiger partial charge in [0.15, 0.2) is 0 Å². The number of benzene rings is 1. The first-order chi connectivity index (χ1) is 11.0. The number of hydrogen-bond acceptors (Lipinski definition) is 4. The standard InChI is InChI=1S/C17H23N3O3/c1-5-16(13-6-8-15(22-4)9-7-13)18-17(21)20(3)11-14-10-12(2)23-19-14/h6-10,16H,5,11H2,1-4H3,(H,18,21). The molecular formula is C17H23N3O3. The Balaban J connectivity index is 1.97. The third-order valence-electron chi connectivity index (χ3n) is 3.65. The number of hydrogen-bond donors (Lipinski definition) is 1. The van der Waals surface area contributed by atoms with Gasteiger partial charge < -0.3 is 19.5 Å². The summed E-state index contributed by atoms with van der Waals surface area (Å²) in [5.74, 6) is 1.53. The van der Waals surface area contributed by atoms with E-state index in [1.54, 1.807) is 19.1 Å². The zero-order chi connectivity index (χ0) is 16.8. The van der Waals surface area contributed by atoms with Crippen LogP contribution in [-0.4, -0.2) is 30.2 Å². The number of methoxy groups -OCH3 is 1. The number of ether oxygens (including phenoxy) is 1. The highest BCUT2D eigenvalue weighted by Crippen LogP contribution is 2.20. The Labute approximate surface area is 136 Å². The maximum absolute atomic E-state index is 12.4. The zero-order valence-corrected chi connectivity index (χ0v) is 14.0. The fourth-order valence-corrected chi connectivity index (χ4v) is 2.32. The molecule has 2 rings (SSSR count). The average Bonchev–Trinajstić information content (AvgIpc) is 2.97. The lowest BCUT2D eigenvalue weighted by molar-refractivity contribution is 0.201. The SMILES string of the molecule is CCC(NC(=O)N(C)Cc1cc(C)on1)c1ccc(OC)cc1. The minimum atomic E-state index is -0.145. The quantitative estimate of drug-likeness (QED) is 0.888. The van der Waals surface area contributed by atoms with Gasteiger partial charge in [-0.1, -0.05) is 24.2 Å². The van der Waals surface area contributed by atoms with Gasteiger partial charge in [0.05, 0.1) is 19.7 Å². The highest BCUT2D eigenvalue weighted by Gasteiger charge is 2.17. The molecule has 124 valence electrons. The van der Waals surface area contributed by atoms with Crippen LogP contribution in [0.25, 0.3) is 0 Å². The molecule has 0 fully saturated rings. The third kappa shape index (κ3) is 4.48. The lowest BCUT2D eigenvalue weighted by atomic mass is 10.0. The van der Waals surface area contributed by atoms with E-state index in [1.807, 2.05) is 44.2 Å². The first-order valence-electron chi connectivity index (χ1n) is 7.61. The summed E-state index contributed by atoms with van der Waals surface area (Å²) in [6.07, 6.45) is 0.801. The van der Waals surface area contributed by atoms with Crippen LogP contribution in [0.4, 0.5) is 4.79 Å². The monoisotopic (exact) mass is 317 g/mol. The highest BCUT2D eigenvalue weighted by atomic mass is 16.5. The van der Waals surface area contributed by atoms with Crippen LogP contribution in [0, 0.1) is 6.92 Å². The van der Waals surface area contributed by atoms with E-state index in [0.717, 1.165) is 29.2 Å². The number of nitrogens with one attached hydrogen (secondary N) is 1. The second-order valence-corrected chi connectivity index (χ2v) is 5.47. The molecule has 1 atom stereocenters. The van der Waals surface area contributed by atoms with E-state index in [9.17, 15) is 4.79 Å². The Kier molecular flexibility index (Phi) is 5.62. The largest absolute Gasteiger partial charge is 0.497 e. The fourth-order valence-electron chi connectivity index (χ4n) is 2.32. The summed E-state index contributed by atoms with van der Waals surface area (Å²) < 4.78 is 10.2. The molecule has 0 spiro atoms. The number of carbonyl (C=O) groups excluding carboxylic acids is 1. The summed E-state index contributed by atoms with van der Waals surface area (Å²) in [4.78, 5) is 13.9. The van der Waals surface area contributed by atoms with Gasteiger partial charge >= 0.3 is 6.03 Å². The molecule has 0 saturated heterocycles. The van der Waals surface area contributed by atoms with Crippen LogP contribution < -0.4 is 10.1 Å². The van der Waals surface area contributed by atoms with E-state index in [1.165, 1.54) is 0 Å². The molecule has 1 heterocycles. The Morgan fingerprint density at radius 3 is 2.61 bits per heavy atom. The Morgan fingerprint density at radius 2 is 2.09 bits per heavy atom. The van der Waals surface area contributed by atoms with E-state index in [2.05, 4.69) is 10.5 Å². The van der Waals surface area contributed by atoms with E-state index in [4.69, 9.17) is 9.26 Å². The fraction of sp³-hybridized carbons (Fsp3) is 0.412. The van der Waals surface area contributed by atoms with Crippen LogP contribution >= 0.6 is 0 Å². The van der Waals surface area contributed by atoms with Gasteiger partial charge in [0, 0.05) is 13.1 Å². The van der Waals surface area contributed by atoms with Crippen molar-refractivity contribution in [1.29, 1.82) is 0 Å². The molecule has 0 radical (unpaired) electrons. The first kappa shape index (κ1) is 16.9. The molecular weight excluding hydrogens is 294 g/mol. The van der Waals surface area contributed by atoms with Crippen LogP contribution in [0.2, 0.25) is 0 Å². The molecule has 23 heavy (non-hydrogen) atoms. The average molecular weight is 317 g/mol. The lowest BCUT2D eigenvalue weighted by Gasteiger charge is -2.22. The van der Waals surface area contributed by atoms with Crippen molar-refractivity contribution in [3.8, 4) is 5.75 Å². The summed E-state index contributed by atoms with van der Waals surface area (Å²) in [5, 5.41) is 6.94. The molecule has 1 N–H and O–H groups in total. The van der Waals surface area contributed by atoms with Gasteiger partial charge in [0.2, 0.25) is 0 Å². The number of rotatable bonds is 6. The Bertz CT molecular complexity index is 637. The van der Waals surface area contributed by atoms with Crippen molar-refractivity contribution >= 4 is 6.03 Å². The van der Waals surface area contributed by atoms with Gasteiger partial charge in [-0.05, 0) is 31.0 Å². The first-order valence-corrected chi connectivity index (χ1v) is 7.61. The number of amides is 2. The molecule has 0 aliphatic carbocycles. The minimum Gasteiger partial charge on any atom is -0.497 e. The topological polar surface area (TPSA) is 67.6 Å². The van der Waals surface area contributed by atoms with Gasteiger partial charge in [-0.25, -0.2) is 4.79 Å². The predicted octanol–water partition coefficient (Wildman–Crippen LogP) is 3.28. The molecule has 6 nitrogen and oxygen atoms in total. The highest BCUT2D eigenvalue weighted by molar-refractivity contribution is 5.74. The van der Waals surface area contributed by atoms with Gasteiger partial charge in [0.25, 0.3) is 0 Å². The molecule has 0 aliphatic rings. The molecule has 0 aliphatic heterocycles. The third-order valence-corrected chi connectivity index (χ3v) is 3.65. The lowest BCUT2D eigenvalue weighted by Crippen LogP contribution is -2.38. The molecule has 1 aromatic carbocycles. The van der Waals surface area contributed by atoms with Gasteiger partial charge in [-0.15, -0.1) is 0 Å². The Hall–Kier alpha value is -2.50. The number of aryl methyl sites for hydroxylation is 1. The molecule has 2 aromatic rings. The van der Waals surface area contributed by atoms with Gasteiger partial charge in [-0.2, -0.15) is 0 Å². The molecule has 1 unspecified atom stereocenters. The van der Waals surface area contributed by atoms with Crippen LogP contribution in [0.5, 0.6) is 5.75 Å². The number of aromatic nitrogens is 1. The number of nitrogens with zero attached hydrogens (tertiary/aromatic N) is 2. The van der Waals surface area contributed by atoms with Crippen LogP contribution in [0.15, 0.2) is 34.9 Å². The number of carbonyl (C=O) groups is 1. The van der Waals surface area contributed by atoms with Crippen molar-refractivity contribution in [3.05, 3.63) is 47.3 Å². The second kappa shape index (κ2) is 7.67. The van der Waals surface area contributed by atoms with Crippen molar-refractivity contribution in [1.82, 2.24) is 15.4 Å². The second-order valence-electron chi connectivity index (χ2n) is 5.47. The maximum atomic E-state index is 12.4. The predicted molar refractivity (Wildman–Crippen MR) is 87.3 cm³/mol. The molecule has 1 aromatic heterocycles. The minimum absolute atomic E-state index is 0.0464. The van der Waals surface area contributed by atoms with Crippen molar-refractivity contribution in [3.63, 3.8) is 0 Å². The summed E-state index contributed by atoms with van der Waals surface area (Å²) in [5.41, 5.74) is 1.78. The molecule has 0 bridgehead atoms. The number of urea groups is 1. The van der Waals surface area contributed by atoms with Gasteiger partial charge in [0.1, 0.15) is 17.2 Å².